The quantitative estimate of drug-likeness (QED) is 0.628. The summed E-state index contributed by atoms with van der Waals surface area (Å²) in [4.78, 5) is 11.0. The standard InChI is InChI=1S/C9H17NO/c1-7(2)8(11)5-6-9(3,4)10/h5-7H,10H2,1-4H3/b6-5+. The molecule has 0 bridgehead atoms. The lowest BCUT2D eigenvalue weighted by Gasteiger charge is -2.11. The second-order valence-corrected chi connectivity index (χ2v) is 3.71. The molecule has 0 amide bonds. The van der Waals surface area contributed by atoms with Gasteiger partial charge in [-0.3, -0.25) is 4.79 Å². The maximum Gasteiger partial charge on any atom is 0.157 e. The van der Waals surface area contributed by atoms with E-state index in [9.17, 15) is 4.79 Å². The van der Waals surface area contributed by atoms with E-state index in [0.717, 1.165) is 0 Å². The van der Waals surface area contributed by atoms with Crippen LogP contribution in [0.5, 0.6) is 0 Å². The Morgan fingerprint density at radius 1 is 1.45 bits per heavy atom. The van der Waals surface area contributed by atoms with E-state index >= 15 is 0 Å². The second-order valence-electron chi connectivity index (χ2n) is 3.71. The Morgan fingerprint density at radius 2 is 1.91 bits per heavy atom. The maximum absolute atomic E-state index is 11.0. The molecular weight excluding hydrogens is 138 g/mol. The molecule has 2 heteroatoms. The van der Waals surface area contributed by atoms with Crippen molar-refractivity contribution in [2.75, 3.05) is 0 Å². The molecule has 0 saturated carbocycles. The van der Waals surface area contributed by atoms with E-state index in [-0.39, 0.29) is 17.2 Å². The van der Waals surface area contributed by atoms with Crippen LogP contribution in [0.15, 0.2) is 12.2 Å². The monoisotopic (exact) mass is 155 g/mol. The fourth-order valence-corrected chi connectivity index (χ4v) is 0.489. The van der Waals surface area contributed by atoms with Crippen molar-refractivity contribution in [2.24, 2.45) is 11.7 Å². The molecule has 0 aromatic carbocycles. The Kier molecular flexibility index (Phi) is 3.46. The van der Waals surface area contributed by atoms with E-state index in [0.29, 0.717) is 0 Å². The van der Waals surface area contributed by atoms with Crippen molar-refractivity contribution in [1.29, 1.82) is 0 Å². The molecule has 0 unspecified atom stereocenters. The van der Waals surface area contributed by atoms with Gasteiger partial charge in [-0.2, -0.15) is 0 Å². The molecule has 2 N–H and O–H groups in total. The van der Waals surface area contributed by atoms with Gasteiger partial charge < -0.3 is 5.73 Å². The summed E-state index contributed by atoms with van der Waals surface area (Å²) in [6.45, 7) is 7.46. The summed E-state index contributed by atoms with van der Waals surface area (Å²) in [6.07, 6.45) is 3.29. The number of nitrogens with two attached hydrogens (primary N) is 1. The number of rotatable bonds is 3. The molecule has 0 aromatic rings. The molecule has 11 heavy (non-hydrogen) atoms. The largest absolute Gasteiger partial charge is 0.322 e. The smallest absolute Gasteiger partial charge is 0.157 e. The van der Waals surface area contributed by atoms with Crippen molar-refractivity contribution >= 4 is 5.78 Å². The highest BCUT2D eigenvalue weighted by Crippen LogP contribution is 2.01. The molecule has 0 aliphatic carbocycles. The summed E-state index contributed by atoms with van der Waals surface area (Å²) in [5.74, 6) is 0.192. The van der Waals surface area contributed by atoms with Crippen molar-refractivity contribution in [3.63, 3.8) is 0 Å². The van der Waals surface area contributed by atoms with Crippen molar-refractivity contribution < 1.29 is 4.79 Å². The summed E-state index contributed by atoms with van der Waals surface area (Å²) in [5.41, 5.74) is 5.26. The molecule has 0 rings (SSSR count). The third-order valence-corrected chi connectivity index (χ3v) is 1.25. The average Bonchev–Trinajstić information content (AvgIpc) is 1.80. The fraction of sp³-hybridized carbons (Fsp3) is 0.667. The highest BCUT2D eigenvalue weighted by atomic mass is 16.1. The summed E-state index contributed by atoms with van der Waals surface area (Å²) in [5, 5.41) is 0. The van der Waals surface area contributed by atoms with Crippen LogP contribution in [0.2, 0.25) is 0 Å². The molecule has 0 aromatic heterocycles. The average molecular weight is 155 g/mol. The van der Waals surface area contributed by atoms with Gasteiger partial charge >= 0.3 is 0 Å². The van der Waals surface area contributed by atoms with Crippen LogP contribution in [-0.2, 0) is 4.79 Å². The molecule has 0 heterocycles. The Morgan fingerprint density at radius 3 is 2.18 bits per heavy atom. The first-order chi connectivity index (χ1) is 4.83. The number of hydrogen-bond acceptors (Lipinski definition) is 2. The number of carbonyl (C=O) groups is 1. The predicted octanol–water partition coefficient (Wildman–Crippen LogP) is 1.50. The SMILES string of the molecule is CC(C)C(=O)/C=C/C(C)(C)N. The number of allylic oxidation sites excluding steroid dienone is 1. The van der Waals surface area contributed by atoms with Crippen LogP contribution in [0.4, 0.5) is 0 Å². The molecule has 0 spiro atoms. The Hall–Kier alpha value is -0.630. The van der Waals surface area contributed by atoms with Crippen molar-refractivity contribution in [3.8, 4) is 0 Å². The van der Waals surface area contributed by atoms with E-state index < -0.39 is 0 Å². The van der Waals surface area contributed by atoms with Gasteiger partial charge in [0.05, 0.1) is 0 Å². The van der Waals surface area contributed by atoms with Crippen molar-refractivity contribution in [1.82, 2.24) is 0 Å². The van der Waals surface area contributed by atoms with Crippen molar-refractivity contribution in [3.05, 3.63) is 12.2 Å². The van der Waals surface area contributed by atoms with Gasteiger partial charge in [0.1, 0.15) is 0 Å². The first-order valence-electron chi connectivity index (χ1n) is 3.85. The summed E-state index contributed by atoms with van der Waals surface area (Å²) in [7, 11) is 0. The summed E-state index contributed by atoms with van der Waals surface area (Å²) >= 11 is 0. The van der Waals surface area contributed by atoms with E-state index in [1.165, 1.54) is 0 Å². The van der Waals surface area contributed by atoms with Gasteiger partial charge in [0, 0.05) is 11.5 Å². The lowest BCUT2D eigenvalue weighted by atomic mass is 10.0. The molecule has 0 fully saturated rings. The third-order valence-electron chi connectivity index (χ3n) is 1.25. The second kappa shape index (κ2) is 3.67. The third kappa shape index (κ3) is 5.80. The molecular formula is C9H17NO. The lowest BCUT2D eigenvalue weighted by molar-refractivity contribution is -0.117. The fourth-order valence-electron chi connectivity index (χ4n) is 0.489. The topological polar surface area (TPSA) is 43.1 Å². The van der Waals surface area contributed by atoms with Gasteiger partial charge in [-0.05, 0) is 19.9 Å². The molecule has 0 radical (unpaired) electrons. The first kappa shape index (κ1) is 10.4. The minimum atomic E-state index is -0.384. The van der Waals surface area contributed by atoms with Gasteiger partial charge in [0.15, 0.2) is 5.78 Å². The van der Waals surface area contributed by atoms with Crippen LogP contribution < -0.4 is 5.73 Å². The van der Waals surface area contributed by atoms with Gasteiger partial charge in [0.25, 0.3) is 0 Å². The van der Waals surface area contributed by atoms with Crippen LogP contribution in [0.1, 0.15) is 27.7 Å². The minimum Gasteiger partial charge on any atom is -0.322 e. The van der Waals surface area contributed by atoms with Gasteiger partial charge in [0.2, 0.25) is 0 Å². The minimum absolute atomic E-state index is 0.0635. The number of ketones is 1. The van der Waals surface area contributed by atoms with Gasteiger partial charge in [-0.15, -0.1) is 0 Å². The van der Waals surface area contributed by atoms with Crippen LogP contribution >= 0.6 is 0 Å². The molecule has 0 saturated heterocycles. The van der Waals surface area contributed by atoms with E-state index in [2.05, 4.69) is 0 Å². The zero-order valence-electron chi connectivity index (χ0n) is 7.72. The summed E-state index contributed by atoms with van der Waals surface area (Å²) < 4.78 is 0. The van der Waals surface area contributed by atoms with Crippen LogP contribution in [0, 0.1) is 5.92 Å². The normalized spacial score (nSPS) is 12.9. The number of carbonyl (C=O) groups excluding carboxylic acids is 1. The zero-order chi connectivity index (χ0) is 9.07. The van der Waals surface area contributed by atoms with E-state index in [1.54, 1.807) is 12.2 Å². The number of hydrogen-bond donors (Lipinski definition) is 1. The van der Waals surface area contributed by atoms with E-state index in [1.807, 2.05) is 27.7 Å². The van der Waals surface area contributed by atoms with Crippen molar-refractivity contribution in [2.45, 2.75) is 33.2 Å². The molecule has 0 aliphatic rings. The lowest BCUT2D eigenvalue weighted by Crippen LogP contribution is -2.29. The van der Waals surface area contributed by atoms with Gasteiger partial charge in [-0.1, -0.05) is 19.9 Å². The molecule has 0 atom stereocenters. The van der Waals surface area contributed by atoms with Crippen LogP contribution in [0.3, 0.4) is 0 Å². The van der Waals surface area contributed by atoms with Gasteiger partial charge in [-0.25, -0.2) is 0 Å². The highest BCUT2D eigenvalue weighted by Gasteiger charge is 2.07. The molecule has 2 nitrogen and oxygen atoms in total. The van der Waals surface area contributed by atoms with Crippen LogP contribution in [-0.4, -0.2) is 11.3 Å². The van der Waals surface area contributed by atoms with Crippen LogP contribution in [0.25, 0.3) is 0 Å². The zero-order valence-corrected chi connectivity index (χ0v) is 7.72. The maximum atomic E-state index is 11.0. The first-order valence-corrected chi connectivity index (χ1v) is 3.85. The summed E-state index contributed by atoms with van der Waals surface area (Å²) in [6, 6.07) is 0. The highest BCUT2D eigenvalue weighted by molar-refractivity contribution is 5.91. The Labute approximate surface area is 68.5 Å². The Balaban J connectivity index is 4.05. The Bertz CT molecular complexity index is 163. The van der Waals surface area contributed by atoms with E-state index in [4.69, 9.17) is 5.73 Å². The predicted molar refractivity (Wildman–Crippen MR) is 47.3 cm³/mol. The molecule has 0 aliphatic heterocycles. The molecule has 64 valence electrons.